The van der Waals surface area contributed by atoms with Crippen LogP contribution in [0, 0.1) is 17.1 Å². The highest BCUT2D eigenvalue weighted by atomic mass is 19.1. The number of benzene rings is 1. The van der Waals surface area contributed by atoms with Gasteiger partial charge in [-0.3, -0.25) is 19.2 Å². The largest absolute Gasteiger partial charge is 0.503 e. The monoisotopic (exact) mass is 523 g/mol. The van der Waals surface area contributed by atoms with Crippen LogP contribution in [-0.2, 0) is 18.4 Å². The van der Waals surface area contributed by atoms with E-state index in [1.165, 1.54) is 17.6 Å². The SMILES string of the molecule is CC[C@H]1CN([C@H](C)c2ccc(NC(C)=O)c(O)c2F)[C@H](CC)CN1c1cc(=O)n(C)c2cn(CC#N)nc12. The summed E-state index contributed by atoms with van der Waals surface area (Å²) < 4.78 is 18.4. The molecule has 1 saturated heterocycles. The van der Waals surface area contributed by atoms with Gasteiger partial charge in [0.15, 0.2) is 11.6 Å². The first-order valence-corrected chi connectivity index (χ1v) is 12.9. The van der Waals surface area contributed by atoms with E-state index in [1.807, 2.05) is 6.92 Å². The van der Waals surface area contributed by atoms with Gasteiger partial charge in [-0.1, -0.05) is 19.9 Å². The number of aryl methyl sites for hydroxylation is 1. The average molecular weight is 524 g/mol. The molecule has 1 fully saturated rings. The number of nitrogens with one attached hydrogen (secondary N) is 1. The number of amides is 1. The molecule has 10 nitrogen and oxygen atoms in total. The van der Waals surface area contributed by atoms with Gasteiger partial charge in [0.2, 0.25) is 5.91 Å². The van der Waals surface area contributed by atoms with Crippen LogP contribution in [-0.4, -0.2) is 55.4 Å². The van der Waals surface area contributed by atoms with Gasteiger partial charge in [0.1, 0.15) is 12.1 Å². The van der Waals surface area contributed by atoms with Crippen LogP contribution >= 0.6 is 0 Å². The van der Waals surface area contributed by atoms with Gasteiger partial charge in [-0.05, 0) is 25.8 Å². The summed E-state index contributed by atoms with van der Waals surface area (Å²) >= 11 is 0. The molecule has 1 aromatic carbocycles. The predicted molar refractivity (Wildman–Crippen MR) is 144 cm³/mol. The van der Waals surface area contributed by atoms with Crippen molar-refractivity contribution in [3.8, 4) is 11.8 Å². The second-order valence-electron chi connectivity index (χ2n) is 9.84. The number of rotatable bonds is 7. The molecule has 38 heavy (non-hydrogen) atoms. The summed E-state index contributed by atoms with van der Waals surface area (Å²) in [5, 5.41) is 26.6. The van der Waals surface area contributed by atoms with E-state index in [0.29, 0.717) is 29.7 Å². The van der Waals surface area contributed by atoms with E-state index < -0.39 is 17.5 Å². The van der Waals surface area contributed by atoms with Crippen LogP contribution in [0.4, 0.5) is 15.8 Å². The van der Waals surface area contributed by atoms with Crippen LogP contribution in [0.15, 0.2) is 29.2 Å². The number of carbonyl (C=O) groups excluding carboxylic acids is 1. The molecule has 3 heterocycles. The highest BCUT2D eigenvalue weighted by Crippen LogP contribution is 2.38. The van der Waals surface area contributed by atoms with Crippen molar-refractivity contribution in [2.45, 2.75) is 65.2 Å². The Labute approximate surface area is 220 Å². The molecule has 3 aromatic rings. The second kappa shape index (κ2) is 10.8. The molecule has 2 aromatic heterocycles. The Morgan fingerprint density at radius 3 is 2.63 bits per heavy atom. The minimum Gasteiger partial charge on any atom is -0.503 e. The van der Waals surface area contributed by atoms with Gasteiger partial charge < -0.3 is 19.9 Å². The number of fused-ring (bicyclic) bond motifs is 1. The average Bonchev–Trinajstić information content (AvgIpc) is 3.32. The van der Waals surface area contributed by atoms with Crippen molar-refractivity contribution in [1.82, 2.24) is 19.2 Å². The summed E-state index contributed by atoms with van der Waals surface area (Å²) in [6, 6.07) is 6.55. The number of pyridine rings is 1. The molecule has 2 N–H and O–H groups in total. The zero-order valence-electron chi connectivity index (χ0n) is 22.4. The summed E-state index contributed by atoms with van der Waals surface area (Å²) in [5.41, 5.74) is 2.31. The number of hydrogen-bond acceptors (Lipinski definition) is 7. The molecule has 3 atom stereocenters. The Balaban J connectivity index is 1.70. The molecule has 1 aliphatic rings. The normalized spacial score (nSPS) is 18.9. The highest BCUT2D eigenvalue weighted by Gasteiger charge is 2.37. The fraction of sp³-hybridized carbons (Fsp3) is 0.481. The van der Waals surface area contributed by atoms with Crippen LogP contribution < -0.4 is 15.8 Å². The lowest BCUT2D eigenvalue weighted by Gasteiger charge is -2.49. The van der Waals surface area contributed by atoms with Gasteiger partial charge >= 0.3 is 0 Å². The third-order valence-corrected chi connectivity index (χ3v) is 7.56. The van der Waals surface area contributed by atoms with Crippen LogP contribution in [0.25, 0.3) is 11.0 Å². The van der Waals surface area contributed by atoms with E-state index in [9.17, 15) is 14.7 Å². The lowest BCUT2D eigenvalue weighted by Crippen LogP contribution is -2.59. The number of halogens is 1. The van der Waals surface area contributed by atoms with Gasteiger partial charge in [-0.25, -0.2) is 4.39 Å². The standard InChI is InChI=1S/C27H34FN7O3/c1-6-18-14-35(22-12-24(37)32(5)23-15-33(11-10-29)31-26(22)23)19(7-2)13-34(18)16(3)20-8-9-21(30-17(4)36)27(38)25(20)28/h8-9,12,15-16,18-19,38H,6-7,11,13-14H2,1-5H3,(H,30,36)/t16-,18-,19+/m1/s1. The number of phenolic OH excluding ortho intramolecular Hbond substituents is 1. The lowest BCUT2D eigenvalue weighted by molar-refractivity contribution is -0.114. The molecule has 11 heteroatoms. The van der Waals surface area contributed by atoms with Crippen LogP contribution in [0.5, 0.6) is 5.75 Å². The van der Waals surface area contributed by atoms with Gasteiger partial charge in [0, 0.05) is 56.8 Å². The predicted octanol–water partition coefficient (Wildman–Crippen LogP) is 3.50. The first kappa shape index (κ1) is 27.1. The zero-order valence-corrected chi connectivity index (χ0v) is 22.4. The van der Waals surface area contributed by atoms with Crippen molar-refractivity contribution in [1.29, 1.82) is 5.26 Å². The Hall–Kier alpha value is -3.91. The molecule has 202 valence electrons. The molecule has 0 spiro atoms. The van der Waals surface area contributed by atoms with E-state index >= 15 is 4.39 Å². The van der Waals surface area contributed by atoms with Crippen molar-refractivity contribution in [2.75, 3.05) is 23.3 Å². The fourth-order valence-electron chi connectivity index (χ4n) is 5.44. The first-order valence-electron chi connectivity index (χ1n) is 12.9. The number of anilines is 2. The van der Waals surface area contributed by atoms with Crippen molar-refractivity contribution in [3.05, 3.63) is 46.1 Å². The first-order chi connectivity index (χ1) is 18.1. The number of aromatic hydroxyl groups is 1. The maximum absolute atomic E-state index is 15.3. The van der Waals surface area contributed by atoms with Crippen molar-refractivity contribution in [2.24, 2.45) is 7.05 Å². The molecule has 0 radical (unpaired) electrons. The third kappa shape index (κ3) is 4.84. The topological polar surface area (TPSA) is 119 Å². The Bertz CT molecular complexity index is 1460. The van der Waals surface area contributed by atoms with Crippen molar-refractivity contribution >= 4 is 28.3 Å². The number of carbonyl (C=O) groups is 1. The quantitative estimate of drug-likeness (QED) is 0.455. The number of phenols is 1. The number of aromatic nitrogens is 3. The lowest BCUT2D eigenvalue weighted by atomic mass is 9.96. The van der Waals surface area contributed by atoms with E-state index in [-0.39, 0.29) is 35.9 Å². The summed E-state index contributed by atoms with van der Waals surface area (Å²) in [5.74, 6) is -1.71. The Kier molecular flexibility index (Phi) is 7.73. The maximum atomic E-state index is 15.3. The van der Waals surface area contributed by atoms with Crippen LogP contribution in [0.3, 0.4) is 0 Å². The molecular weight excluding hydrogens is 489 g/mol. The molecular formula is C27H34FN7O3. The third-order valence-electron chi connectivity index (χ3n) is 7.56. The van der Waals surface area contributed by atoms with Crippen molar-refractivity contribution < 1.29 is 14.3 Å². The Morgan fingerprint density at radius 2 is 2.00 bits per heavy atom. The van der Waals surface area contributed by atoms with E-state index in [4.69, 9.17) is 5.26 Å². The number of piperazine rings is 1. The number of hydrogen-bond donors (Lipinski definition) is 2. The van der Waals surface area contributed by atoms with E-state index in [0.717, 1.165) is 18.5 Å². The summed E-state index contributed by atoms with van der Waals surface area (Å²) in [6.45, 7) is 8.67. The van der Waals surface area contributed by atoms with Gasteiger partial charge in [-0.15, -0.1) is 0 Å². The molecule has 0 unspecified atom stereocenters. The summed E-state index contributed by atoms with van der Waals surface area (Å²) in [7, 11) is 1.69. The minimum atomic E-state index is -0.745. The highest BCUT2D eigenvalue weighted by molar-refractivity contribution is 5.90. The Morgan fingerprint density at radius 1 is 1.29 bits per heavy atom. The molecule has 1 amide bonds. The van der Waals surface area contributed by atoms with Crippen molar-refractivity contribution in [3.63, 3.8) is 0 Å². The van der Waals surface area contributed by atoms with E-state index in [1.54, 1.807) is 30.1 Å². The molecule has 4 rings (SSSR count). The fourth-order valence-corrected chi connectivity index (χ4v) is 5.44. The van der Waals surface area contributed by atoms with Crippen LogP contribution in [0.2, 0.25) is 0 Å². The van der Waals surface area contributed by atoms with Gasteiger partial charge in [0.25, 0.3) is 5.56 Å². The zero-order chi connectivity index (χ0) is 27.7. The second-order valence-corrected chi connectivity index (χ2v) is 9.84. The smallest absolute Gasteiger partial charge is 0.252 e. The van der Waals surface area contributed by atoms with E-state index in [2.05, 4.69) is 40.1 Å². The number of nitriles is 1. The number of nitrogens with zero attached hydrogens (tertiary/aromatic N) is 6. The summed E-state index contributed by atoms with van der Waals surface area (Å²) in [6.07, 6.45) is 3.29. The molecule has 0 aliphatic carbocycles. The molecule has 1 aliphatic heterocycles. The molecule has 0 bridgehead atoms. The van der Waals surface area contributed by atoms with Gasteiger partial charge in [0.05, 0.1) is 29.2 Å². The van der Waals surface area contributed by atoms with Crippen LogP contribution in [0.1, 0.15) is 52.1 Å². The minimum absolute atomic E-state index is 0.0204. The maximum Gasteiger partial charge on any atom is 0.252 e. The summed E-state index contributed by atoms with van der Waals surface area (Å²) in [4.78, 5) is 28.7. The van der Waals surface area contributed by atoms with Gasteiger partial charge in [-0.2, -0.15) is 10.4 Å². The molecule has 0 saturated carbocycles.